The first-order chi connectivity index (χ1) is 14.5. The van der Waals surface area contributed by atoms with Crippen molar-refractivity contribution >= 4 is 17.5 Å². The van der Waals surface area contributed by atoms with Crippen LogP contribution in [0, 0.1) is 18.7 Å². The summed E-state index contributed by atoms with van der Waals surface area (Å²) in [6, 6.07) is 15.4. The van der Waals surface area contributed by atoms with Gasteiger partial charge in [0, 0.05) is 18.8 Å². The number of halogens is 1. The Morgan fingerprint density at radius 1 is 1.10 bits per heavy atom. The minimum absolute atomic E-state index is 0.0989. The maximum Gasteiger partial charge on any atom is 0.257 e. The predicted octanol–water partition coefficient (Wildman–Crippen LogP) is 4.89. The third-order valence-electron chi connectivity index (χ3n) is 5.48. The highest BCUT2D eigenvalue weighted by Gasteiger charge is 2.30. The van der Waals surface area contributed by atoms with Gasteiger partial charge >= 0.3 is 0 Å². The summed E-state index contributed by atoms with van der Waals surface area (Å²) in [7, 11) is 0. The van der Waals surface area contributed by atoms with Gasteiger partial charge in [0.1, 0.15) is 11.6 Å². The number of aryl methyl sites for hydroxylation is 1. The molecule has 0 spiro atoms. The van der Waals surface area contributed by atoms with Gasteiger partial charge in [-0.25, -0.2) is 4.39 Å². The number of amides is 2. The molecule has 3 aromatic rings. The molecule has 0 aliphatic carbocycles. The first-order valence-corrected chi connectivity index (χ1v) is 10.0. The van der Waals surface area contributed by atoms with Crippen LogP contribution < -0.4 is 5.32 Å². The molecular weight excluding hydrogens is 383 g/mol. The van der Waals surface area contributed by atoms with Crippen molar-refractivity contribution in [1.29, 1.82) is 0 Å². The average molecular weight is 406 g/mol. The van der Waals surface area contributed by atoms with Crippen LogP contribution in [0.2, 0.25) is 0 Å². The summed E-state index contributed by atoms with van der Waals surface area (Å²) in [5.74, 6) is -0.164. The molecule has 0 saturated carbocycles. The maximum atomic E-state index is 13.4. The fraction of sp³-hybridized carbons (Fsp3) is 0.250. The number of rotatable bonds is 4. The molecule has 1 fully saturated rings. The molecule has 1 N–H and O–H groups in total. The molecule has 4 rings (SSSR count). The SMILES string of the molecule is Cc1occc1C(=O)N1CCC[C@H](C(=O)Nc2ccc(-c3cccc(F)c3)cc2)C1. The van der Waals surface area contributed by atoms with Gasteiger partial charge in [-0.05, 0) is 61.2 Å². The van der Waals surface area contributed by atoms with Crippen molar-refractivity contribution in [3.8, 4) is 11.1 Å². The molecule has 0 unspecified atom stereocenters. The van der Waals surface area contributed by atoms with Gasteiger partial charge in [0.2, 0.25) is 5.91 Å². The highest BCUT2D eigenvalue weighted by Crippen LogP contribution is 2.24. The molecule has 30 heavy (non-hydrogen) atoms. The Labute approximate surface area is 174 Å². The summed E-state index contributed by atoms with van der Waals surface area (Å²) in [6.07, 6.45) is 3.02. The predicted molar refractivity (Wildman–Crippen MR) is 113 cm³/mol. The highest BCUT2D eigenvalue weighted by atomic mass is 19.1. The molecule has 0 bridgehead atoms. The van der Waals surface area contributed by atoms with E-state index in [0.717, 1.165) is 24.0 Å². The smallest absolute Gasteiger partial charge is 0.257 e. The van der Waals surface area contributed by atoms with E-state index >= 15 is 0 Å². The standard InChI is InChI=1S/C24H23FN2O3/c1-16-22(11-13-30-16)24(29)27-12-3-5-19(15-27)23(28)26-21-9-7-17(8-10-21)18-4-2-6-20(25)14-18/h2,4,6-11,13-14,19H,3,5,12,15H2,1H3,(H,26,28)/t19-/m0/s1. The van der Waals surface area contributed by atoms with E-state index in [0.29, 0.717) is 30.1 Å². The summed E-state index contributed by atoms with van der Waals surface area (Å²) in [6.45, 7) is 2.78. The van der Waals surface area contributed by atoms with E-state index in [1.54, 1.807) is 36.1 Å². The van der Waals surface area contributed by atoms with Crippen LogP contribution in [-0.2, 0) is 4.79 Å². The van der Waals surface area contributed by atoms with Gasteiger partial charge < -0.3 is 14.6 Å². The zero-order chi connectivity index (χ0) is 21.1. The van der Waals surface area contributed by atoms with Crippen LogP contribution in [0.1, 0.15) is 29.0 Å². The van der Waals surface area contributed by atoms with Crippen LogP contribution in [0.5, 0.6) is 0 Å². The average Bonchev–Trinajstić information content (AvgIpc) is 3.19. The first kappa shape index (κ1) is 19.9. The second-order valence-electron chi connectivity index (χ2n) is 7.56. The Morgan fingerprint density at radius 3 is 2.60 bits per heavy atom. The van der Waals surface area contributed by atoms with Crippen LogP contribution >= 0.6 is 0 Å². The Bertz CT molecular complexity index is 1060. The lowest BCUT2D eigenvalue weighted by Gasteiger charge is -2.32. The van der Waals surface area contributed by atoms with E-state index in [-0.39, 0.29) is 23.5 Å². The number of anilines is 1. The number of nitrogens with one attached hydrogen (secondary N) is 1. The monoisotopic (exact) mass is 406 g/mol. The maximum absolute atomic E-state index is 13.4. The van der Waals surface area contributed by atoms with Gasteiger partial charge in [0.15, 0.2) is 0 Å². The number of piperidine rings is 1. The number of hydrogen-bond acceptors (Lipinski definition) is 3. The number of nitrogens with zero attached hydrogens (tertiary/aromatic N) is 1. The largest absolute Gasteiger partial charge is 0.469 e. The lowest BCUT2D eigenvalue weighted by Crippen LogP contribution is -2.43. The van der Waals surface area contributed by atoms with Gasteiger partial charge in [0.05, 0.1) is 17.7 Å². The van der Waals surface area contributed by atoms with Crippen LogP contribution in [-0.4, -0.2) is 29.8 Å². The number of carbonyl (C=O) groups is 2. The summed E-state index contributed by atoms with van der Waals surface area (Å²) in [5, 5.41) is 2.94. The fourth-order valence-electron chi connectivity index (χ4n) is 3.81. The van der Waals surface area contributed by atoms with Crippen LogP contribution in [0.3, 0.4) is 0 Å². The summed E-state index contributed by atoms with van der Waals surface area (Å²) >= 11 is 0. The minimum atomic E-state index is -0.285. The van der Waals surface area contributed by atoms with E-state index < -0.39 is 0 Å². The number of likely N-dealkylation sites (tertiary alicyclic amines) is 1. The van der Waals surface area contributed by atoms with E-state index in [1.807, 2.05) is 18.2 Å². The molecule has 6 heteroatoms. The van der Waals surface area contributed by atoms with Gasteiger partial charge in [0.25, 0.3) is 5.91 Å². The second-order valence-corrected chi connectivity index (χ2v) is 7.56. The molecule has 1 aliphatic rings. The molecule has 1 aliphatic heterocycles. The normalized spacial score (nSPS) is 16.3. The molecule has 1 atom stereocenters. The van der Waals surface area contributed by atoms with E-state index in [1.165, 1.54) is 18.4 Å². The van der Waals surface area contributed by atoms with Crippen molar-refractivity contribution < 1.29 is 18.4 Å². The van der Waals surface area contributed by atoms with Crippen molar-refractivity contribution in [3.63, 3.8) is 0 Å². The topological polar surface area (TPSA) is 62.6 Å². The van der Waals surface area contributed by atoms with Gasteiger partial charge in [-0.3, -0.25) is 9.59 Å². The number of hydrogen-bond donors (Lipinski definition) is 1. The molecule has 1 aromatic heterocycles. The van der Waals surface area contributed by atoms with Gasteiger partial charge in [-0.2, -0.15) is 0 Å². The fourth-order valence-corrected chi connectivity index (χ4v) is 3.81. The van der Waals surface area contributed by atoms with Crippen molar-refractivity contribution in [1.82, 2.24) is 4.90 Å². The Hall–Kier alpha value is -3.41. The quantitative estimate of drug-likeness (QED) is 0.671. The van der Waals surface area contributed by atoms with Crippen molar-refractivity contribution in [3.05, 3.63) is 78.0 Å². The molecule has 2 amide bonds. The highest BCUT2D eigenvalue weighted by molar-refractivity contribution is 5.97. The summed E-state index contributed by atoms with van der Waals surface area (Å²) in [4.78, 5) is 27.2. The third kappa shape index (κ3) is 4.27. The Morgan fingerprint density at radius 2 is 1.90 bits per heavy atom. The first-order valence-electron chi connectivity index (χ1n) is 10.0. The number of carbonyl (C=O) groups excluding carboxylic acids is 2. The zero-order valence-electron chi connectivity index (χ0n) is 16.7. The van der Waals surface area contributed by atoms with Gasteiger partial charge in [-0.15, -0.1) is 0 Å². The lowest BCUT2D eigenvalue weighted by molar-refractivity contribution is -0.121. The molecule has 2 aromatic carbocycles. The van der Waals surface area contributed by atoms with Crippen LogP contribution in [0.15, 0.2) is 65.3 Å². The second kappa shape index (κ2) is 8.53. The molecule has 1 saturated heterocycles. The molecule has 5 nitrogen and oxygen atoms in total. The molecule has 154 valence electrons. The molecular formula is C24H23FN2O3. The van der Waals surface area contributed by atoms with Crippen molar-refractivity contribution in [2.75, 3.05) is 18.4 Å². The van der Waals surface area contributed by atoms with E-state index in [9.17, 15) is 14.0 Å². The Balaban J connectivity index is 1.40. The summed E-state index contributed by atoms with van der Waals surface area (Å²) < 4.78 is 18.7. The number of furan rings is 1. The summed E-state index contributed by atoms with van der Waals surface area (Å²) in [5.41, 5.74) is 2.87. The van der Waals surface area contributed by atoms with Gasteiger partial charge in [-0.1, -0.05) is 24.3 Å². The Kier molecular flexibility index (Phi) is 5.65. The van der Waals surface area contributed by atoms with Crippen molar-refractivity contribution in [2.24, 2.45) is 5.92 Å². The molecule has 0 radical (unpaired) electrons. The van der Waals surface area contributed by atoms with E-state index in [4.69, 9.17) is 4.42 Å². The molecule has 2 heterocycles. The van der Waals surface area contributed by atoms with E-state index in [2.05, 4.69) is 5.32 Å². The number of benzene rings is 2. The van der Waals surface area contributed by atoms with Crippen molar-refractivity contribution in [2.45, 2.75) is 19.8 Å². The zero-order valence-corrected chi connectivity index (χ0v) is 16.7. The third-order valence-corrected chi connectivity index (χ3v) is 5.48. The van der Waals surface area contributed by atoms with Crippen LogP contribution in [0.25, 0.3) is 11.1 Å². The lowest BCUT2D eigenvalue weighted by atomic mass is 9.96. The van der Waals surface area contributed by atoms with Crippen LogP contribution in [0.4, 0.5) is 10.1 Å². The minimum Gasteiger partial charge on any atom is -0.469 e.